The second-order valence-electron chi connectivity index (χ2n) is 7.05. The van der Waals surface area contributed by atoms with Crippen LogP contribution in [0.25, 0.3) is 0 Å². The van der Waals surface area contributed by atoms with Gasteiger partial charge in [0.2, 0.25) is 0 Å². The molecule has 2 aromatic carbocycles. The smallest absolute Gasteiger partial charge is 0.251 e. The third-order valence-electron chi connectivity index (χ3n) is 4.30. The first-order chi connectivity index (χ1) is 13.6. The summed E-state index contributed by atoms with van der Waals surface area (Å²) in [6.07, 6.45) is 0.703. The number of hydrogen-bond acceptors (Lipinski definition) is 5. The van der Waals surface area contributed by atoms with Crippen LogP contribution in [0.15, 0.2) is 36.4 Å². The van der Waals surface area contributed by atoms with E-state index in [4.69, 9.17) is 18.9 Å². The average molecular weight is 385 g/mol. The molecular formula is C22H27NO5. The maximum atomic E-state index is 12.5. The van der Waals surface area contributed by atoms with Gasteiger partial charge in [0, 0.05) is 12.1 Å². The molecule has 0 bridgehead atoms. The van der Waals surface area contributed by atoms with Gasteiger partial charge in [0.05, 0.1) is 13.7 Å². The summed E-state index contributed by atoms with van der Waals surface area (Å²) < 4.78 is 22.2. The summed E-state index contributed by atoms with van der Waals surface area (Å²) in [4.78, 5) is 12.5. The Morgan fingerprint density at radius 3 is 2.61 bits per heavy atom. The van der Waals surface area contributed by atoms with E-state index in [1.165, 1.54) is 0 Å². The molecule has 0 radical (unpaired) electrons. The SMILES string of the molecule is COc1cc(C(=O)NCCc2ccc3c(c2)OCCO3)ccc1OCC(C)C. The number of fused-ring (bicyclic) bond motifs is 1. The molecule has 1 heterocycles. The highest BCUT2D eigenvalue weighted by atomic mass is 16.6. The Morgan fingerprint density at radius 2 is 1.86 bits per heavy atom. The molecule has 6 nitrogen and oxygen atoms in total. The van der Waals surface area contributed by atoms with E-state index in [9.17, 15) is 4.79 Å². The highest BCUT2D eigenvalue weighted by Gasteiger charge is 2.13. The minimum Gasteiger partial charge on any atom is -0.493 e. The van der Waals surface area contributed by atoms with Crippen molar-refractivity contribution in [3.8, 4) is 23.0 Å². The summed E-state index contributed by atoms with van der Waals surface area (Å²) in [6, 6.07) is 11.1. The lowest BCUT2D eigenvalue weighted by molar-refractivity contribution is 0.0953. The molecule has 0 spiro atoms. The molecule has 0 unspecified atom stereocenters. The molecule has 150 valence electrons. The molecule has 28 heavy (non-hydrogen) atoms. The average Bonchev–Trinajstić information content (AvgIpc) is 2.71. The number of nitrogens with one attached hydrogen (secondary N) is 1. The van der Waals surface area contributed by atoms with Crippen LogP contribution in [0.5, 0.6) is 23.0 Å². The van der Waals surface area contributed by atoms with E-state index in [-0.39, 0.29) is 5.91 Å². The van der Waals surface area contributed by atoms with Crippen LogP contribution in [-0.2, 0) is 6.42 Å². The lowest BCUT2D eigenvalue weighted by Gasteiger charge is -2.19. The van der Waals surface area contributed by atoms with Gasteiger partial charge in [-0.2, -0.15) is 0 Å². The zero-order chi connectivity index (χ0) is 19.9. The number of benzene rings is 2. The summed E-state index contributed by atoms with van der Waals surface area (Å²) in [5.41, 5.74) is 1.62. The Bertz CT molecular complexity index is 819. The second-order valence-corrected chi connectivity index (χ2v) is 7.05. The molecule has 1 amide bonds. The molecule has 2 aromatic rings. The number of hydrogen-bond donors (Lipinski definition) is 1. The van der Waals surface area contributed by atoms with Crippen molar-refractivity contribution in [2.24, 2.45) is 5.92 Å². The van der Waals surface area contributed by atoms with E-state index in [0.717, 1.165) is 17.1 Å². The van der Waals surface area contributed by atoms with E-state index < -0.39 is 0 Å². The normalized spacial score (nSPS) is 12.6. The number of carbonyl (C=O) groups is 1. The third kappa shape index (κ3) is 5.09. The topological polar surface area (TPSA) is 66.0 Å². The maximum absolute atomic E-state index is 12.5. The molecular weight excluding hydrogens is 358 g/mol. The minimum atomic E-state index is -0.147. The molecule has 1 aliphatic rings. The number of carbonyl (C=O) groups excluding carboxylic acids is 1. The number of methoxy groups -OCH3 is 1. The van der Waals surface area contributed by atoms with E-state index in [1.807, 2.05) is 18.2 Å². The van der Waals surface area contributed by atoms with Crippen LogP contribution in [0.3, 0.4) is 0 Å². The van der Waals surface area contributed by atoms with Gasteiger partial charge in [0.1, 0.15) is 13.2 Å². The summed E-state index contributed by atoms with van der Waals surface area (Å²) in [7, 11) is 1.57. The van der Waals surface area contributed by atoms with Crippen molar-refractivity contribution >= 4 is 5.91 Å². The van der Waals surface area contributed by atoms with Crippen LogP contribution in [0.4, 0.5) is 0 Å². The number of ether oxygens (including phenoxy) is 4. The molecule has 0 aromatic heterocycles. The van der Waals surface area contributed by atoms with Gasteiger partial charge in [-0.25, -0.2) is 0 Å². The lowest BCUT2D eigenvalue weighted by Crippen LogP contribution is -2.25. The van der Waals surface area contributed by atoms with Crippen LogP contribution in [0, 0.1) is 5.92 Å². The fourth-order valence-corrected chi connectivity index (χ4v) is 2.85. The fraction of sp³-hybridized carbons (Fsp3) is 0.409. The number of amides is 1. The van der Waals surface area contributed by atoms with Crippen molar-refractivity contribution in [1.29, 1.82) is 0 Å². The second kappa shape index (κ2) is 9.35. The molecule has 0 aliphatic carbocycles. The van der Waals surface area contributed by atoms with Crippen molar-refractivity contribution in [3.63, 3.8) is 0 Å². The van der Waals surface area contributed by atoms with E-state index in [0.29, 0.717) is 55.8 Å². The molecule has 1 aliphatic heterocycles. The molecule has 0 saturated heterocycles. The Labute approximate surface area is 165 Å². The third-order valence-corrected chi connectivity index (χ3v) is 4.30. The Morgan fingerprint density at radius 1 is 1.07 bits per heavy atom. The largest absolute Gasteiger partial charge is 0.493 e. The molecule has 0 atom stereocenters. The molecule has 0 fully saturated rings. The lowest BCUT2D eigenvalue weighted by atomic mass is 10.1. The summed E-state index contributed by atoms with van der Waals surface area (Å²) in [5, 5.41) is 2.94. The van der Waals surface area contributed by atoms with Crippen molar-refractivity contribution in [3.05, 3.63) is 47.5 Å². The Balaban J connectivity index is 1.55. The zero-order valence-electron chi connectivity index (χ0n) is 16.6. The van der Waals surface area contributed by atoms with E-state index in [2.05, 4.69) is 19.2 Å². The first-order valence-electron chi connectivity index (χ1n) is 9.54. The molecule has 6 heteroatoms. The molecule has 3 rings (SSSR count). The van der Waals surface area contributed by atoms with Crippen LogP contribution in [0.1, 0.15) is 29.8 Å². The molecule has 0 saturated carbocycles. The standard InChI is InChI=1S/C22H27NO5/c1-15(2)14-28-18-7-5-17(13-20(18)25-3)22(24)23-9-8-16-4-6-19-21(12-16)27-11-10-26-19/h4-7,12-13,15H,8-11,14H2,1-3H3,(H,23,24). The number of rotatable bonds is 8. The highest BCUT2D eigenvalue weighted by Crippen LogP contribution is 2.31. The van der Waals surface area contributed by atoms with Gasteiger partial charge in [-0.3, -0.25) is 4.79 Å². The van der Waals surface area contributed by atoms with Gasteiger partial charge in [0.25, 0.3) is 5.91 Å². The van der Waals surface area contributed by atoms with Crippen LogP contribution in [-0.4, -0.2) is 39.4 Å². The van der Waals surface area contributed by atoms with Crippen molar-refractivity contribution in [1.82, 2.24) is 5.32 Å². The summed E-state index contributed by atoms with van der Waals surface area (Å²) in [6.45, 7) is 6.41. The van der Waals surface area contributed by atoms with E-state index in [1.54, 1.807) is 25.3 Å². The predicted molar refractivity (Wildman–Crippen MR) is 107 cm³/mol. The van der Waals surface area contributed by atoms with Gasteiger partial charge in [0.15, 0.2) is 23.0 Å². The minimum absolute atomic E-state index is 0.147. The molecule has 1 N–H and O–H groups in total. The van der Waals surface area contributed by atoms with Gasteiger partial charge < -0.3 is 24.3 Å². The van der Waals surface area contributed by atoms with E-state index >= 15 is 0 Å². The van der Waals surface area contributed by atoms with Crippen LogP contribution < -0.4 is 24.3 Å². The first kappa shape index (κ1) is 19.9. The van der Waals surface area contributed by atoms with Gasteiger partial charge in [-0.05, 0) is 48.2 Å². The van der Waals surface area contributed by atoms with Crippen molar-refractivity contribution in [2.45, 2.75) is 20.3 Å². The van der Waals surface area contributed by atoms with Crippen LogP contribution >= 0.6 is 0 Å². The quantitative estimate of drug-likeness (QED) is 0.754. The first-order valence-corrected chi connectivity index (χ1v) is 9.54. The van der Waals surface area contributed by atoms with Crippen LogP contribution in [0.2, 0.25) is 0 Å². The Kier molecular flexibility index (Phi) is 6.63. The van der Waals surface area contributed by atoms with Gasteiger partial charge >= 0.3 is 0 Å². The zero-order valence-corrected chi connectivity index (χ0v) is 16.6. The monoisotopic (exact) mass is 385 g/mol. The summed E-state index contributed by atoms with van der Waals surface area (Å²) >= 11 is 0. The van der Waals surface area contributed by atoms with Crippen molar-refractivity contribution < 1.29 is 23.7 Å². The maximum Gasteiger partial charge on any atom is 0.251 e. The summed E-state index contributed by atoms with van der Waals surface area (Å²) in [5.74, 6) is 2.99. The predicted octanol–water partition coefficient (Wildman–Crippen LogP) is 3.47. The Hall–Kier alpha value is -2.89. The van der Waals surface area contributed by atoms with Gasteiger partial charge in [-0.1, -0.05) is 19.9 Å². The van der Waals surface area contributed by atoms with Gasteiger partial charge in [-0.15, -0.1) is 0 Å². The fourth-order valence-electron chi connectivity index (χ4n) is 2.85. The van der Waals surface area contributed by atoms with Crippen molar-refractivity contribution in [2.75, 3.05) is 33.5 Å². The highest BCUT2D eigenvalue weighted by molar-refractivity contribution is 5.94.